The molecular weight excluding hydrogens is 264 g/mol. The number of rotatable bonds is 9. The molecule has 0 N–H and O–H groups in total. The molecule has 0 saturated heterocycles. The van der Waals surface area contributed by atoms with Crippen LogP contribution in [0.15, 0.2) is 0 Å². The first kappa shape index (κ1) is 15.9. The molecule has 0 fully saturated rings. The van der Waals surface area contributed by atoms with E-state index >= 15 is 0 Å². The summed E-state index contributed by atoms with van der Waals surface area (Å²) in [4.78, 5) is 4.41. The van der Waals surface area contributed by atoms with E-state index in [1.807, 2.05) is 0 Å². The van der Waals surface area contributed by atoms with Crippen molar-refractivity contribution in [2.45, 2.75) is 77.6 Å². The molecule has 1 aromatic rings. The maximum Gasteiger partial charge on any atom is 0.203 e. The maximum atomic E-state index is 5.93. The lowest BCUT2D eigenvalue weighted by Crippen LogP contribution is -2.23. The number of aromatic nitrogens is 2. The lowest BCUT2D eigenvalue weighted by atomic mass is 9.79. The van der Waals surface area contributed by atoms with Gasteiger partial charge in [0.1, 0.15) is 5.82 Å². The summed E-state index contributed by atoms with van der Waals surface area (Å²) in [6.07, 6.45) is 10.0. The molecule has 2 nitrogen and oxygen atoms in total. The highest BCUT2D eigenvalue weighted by molar-refractivity contribution is 7.10. The van der Waals surface area contributed by atoms with E-state index in [1.54, 1.807) is 0 Å². The minimum Gasteiger partial charge on any atom is -0.208 e. The highest BCUT2D eigenvalue weighted by Gasteiger charge is 2.29. The van der Waals surface area contributed by atoms with Crippen molar-refractivity contribution in [1.29, 1.82) is 0 Å². The molecule has 0 aliphatic carbocycles. The fraction of sp³-hybridized carbons (Fsp3) is 0.857. The largest absolute Gasteiger partial charge is 0.208 e. The Morgan fingerprint density at radius 1 is 1.06 bits per heavy atom. The molecule has 1 aromatic heterocycles. The van der Waals surface area contributed by atoms with Crippen molar-refractivity contribution in [1.82, 2.24) is 9.36 Å². The molecule has 4 heteroatoms. The quantitative estimate of drug-likeness (QED) is 0.552. The van der Waals surface area contributed by atoms with Crippen molar-refractivity contribution in [2.24, 2.45) is 0 Å². The van der Waals surface area contributed by atoms with Crippen LogP contribution in [0, 0.1) is 0 Å². The second-order valence-corrected chi connectivity index (χ2v) is 6.68. The standard InChI is InChI=1S/C14H25ClN2S/c1-4-6-8-9-11-14(3,10-7-5-2)12-16-13(15)18-17-12/h4-11H2,1-3H3. The smallest absolute Gasteiger partial charge is 0.203 e. The topological polar surface area (TPSA) is 25.8 Å². The molecule has 0 aliphatic heterocycles. The van der Waals surface area contributed by atoms with E-state index in [4.69, 9.17) is 11.6 Å². The van der Waals surface area contributed by atoms with Crippen LogP contribution in [0.5, 0.6) is 0 Å². The third-order valence-electron chi connectivity index (χ3n) is 3.61. The molecule has 0 saturated carbocycles. The van der Waals surface area contributed by atoms with Gasteiger partial charge < -0.3 is 0 Å². The van der Waals surface area contributed by atoms with Gasteiger partial charge in [-0.1, -0.05) is 59.3 Å². The van der Waals surface area contributed by atoms with Gasteiger partial charge in [-0.3, -0.25) is 0 Å². The molecular formula is C14H25ClN2S. The van der Waals surface area contributed by atoms with E-state index < -0.39 is 0 Å². The Bertz CT molecular complexity index is 340. The lowest BCUT2D eigenvalue weighted by molar-refractivity contribution is 0.353. The molecule has 1 atom stereocenters. The molecule has 0 radical (unpaired) electrons. The Balaban J connectivity index is 2.62. The van der Waals surface area contributed by atoms with Gasteiger partial charge in [0, 0.05) is 5.41 Å². The van der Waals surface area contributed by atoms with Crippen molar-refractivity contribution in [3.8, 4) is 0 Å². The zero-order chi connectivity index (χ0) is 13.4. The molecule has 1 heterocycles. The first-order valence-electron chi connectivity index (χ1n) is 7.12. The average Bonchev–Trinajstić information content (AvgIpc) is 2.80. The number of halogens is 1. The van der Waals surface area contributed by atoms with Crippen LogP contribution in [-0.2, 0) is 5.41 Å². The summed E-state index contributed by atoms with van der Waals surface area (Å²) in [6, 6.07) is 0. The Morgan fingerprint density at radius 2 is 1.72 bits per heavy atom. The van der Waals surface area contributed by atoms with Crippen LogP contribution in [0.25, 0.3) is 0 Å². The highest BCUT2D eigenvalue weighted by Crippen LogP contribution is 2.34. The van der Waals surface area contributed by atoms with Gasteiger partial charge in [-0.15, -0.1) is 0 Å². The molecule has 104 valence electrons. The molecule has 0 spiro atoms. The predicted molar refractivity (Wildman–Crippen MR) is 80.6 cm³/mol. The number of hydrogen-bond donors (Lipinski definition) is 0. The van der Waals surface area contributed by atoms with Crippen molar-refractivity contribution >= 4 is 23.1 Å². The van der Waals surface area contributed by atoms with Crippen molar-refractivity contribution in [3.05, 3.63) is 10.3 Å². The summed E-state index contributed by atoms with van der Waals surface area (Å²) >= 11 is 7.24. The summed E-state index contributed by atoms with van der Waals surface area (Å²) in [5.41, 5.74) is 0.118. The Kier molecular flexibility index (Phi) is 7.16. The molecule has 0 amide bonds. The molecule has 18 heavy (non-hydrogen) atoms. The normalized spacial score (nSPS) is 14.7. The fourth-order valence-electron chi connectivity index (χ4n) is 2.31. The number of nitrogens with zero attached hydrogens (tertiary/aromatic N) is 2. The third-order valence-corrected chi connectivity index (χ3v) is 4.40. The van der Waals surface area contributed by atoms with Crippen LogP contribution < -0.4 is 0 Å². The van der Waals surface area contributed by atoms with E-state index in [0.717, 1.165) is 5.82 Å². The minimum absolute atomic E-state index is 0.118. The van der Waals surface area contributed by atoms with Gasteiger partial charge >= 0.3 is 0 Å². The average molecular weight is 289 g/mol. The highest BCUT2D eigenvalue weighted by atomic mass is 35.5. The summed E-state index contributed by atoms with van der Waals surface area (Å²) in [7, 11) is 0. The predicted octanol–water partition coefficient (Wildman–Crippen LogP) is 5.61. The number of unbranched alkanes of at least 4 members (excludes halogenated alkanes) is 4. The van der Waals surface area contributed by atoms with E-state index in [2.05, 4.69) is 30.1 Å². The van der Waals surface area contributed by atoms with E-state index in [0.29, 0.717) is 4.47 Å². The third kappa shape index (κ3) is 4.85. The van der Waals surface area contributed by atoms with Crippen LogP contribution in [0.1, 0.15) is 78.0 Å². The lowest BCUT2D eigenvalue weighted by Gasteiger charge is -2.26. The summed E-state index contributed by atoms with van der Waals surface area (Å²) in [6.45, 7) is 6.78. The van der Waals surface area contributed by atoms with Crippen LogP contribution in [0.2, 0.25) is 4.47 Å². The van der Waals surface area contributed by atoms with Gasteiger partial charge in [0.25, 0.3) is 0 Å². The van der Waals surface area contributed by atoms with Crippen molar-refractivity contribution in [3.63, 3.8) is 0 Å². The van der Waals surface area contributed by atoms with E-state index in [1.165, 1.54) is 62.9 Å². The van der Waals surface area contributed by atoms with Gasteiger partial charge in [0.15, 0.2) is 0 Å². The zero-order valence-electron chi connectivity index (χ0n) is 11.8. The summed E-state index contributed by atoms with van der Waals surface area (Å²) in [5, 5.41) is 0. The Labute approximate surface area is 120 Å². The zero-order valence-corrected chi connectivity index (χ0v) is 13.4. The summed E-state index contributed by atoms with van der Waals surface area (Å²) < 4.78 is 5.01. The Morgan fingerprint density at radius 3 is 2.28 bits per heavy atom. The van der Waals surface area contributed by atoms with Crippen LogP contribution in [0.3, 0.4) is 0 Å². The fourth-order valence-corrected chi connectivity index (χ4v) is 3.04. The molecule has 0 aromatic carbocycles. The monoisotopic (exact) mass is 288 g/mol. The maximum absolute atomic E-state index is 5.93. The Hall–Kier alpha value is -0.150. The minimum atomic E-state index is 0.118. The van der Waals surface area contributed by atoms with Gasteiger partial charge in [-0.2, -0.15) is 4.37 Å². The van der Waals surface area contributed by atoms with Gasteiger partial charge in [-0.25, -0.2) is 4.98 Å². The second-order valence-electron chi connectivity index (χ2n) is 5.35. The van der Waals surface area contributed by atoms with Crippen LogP contribution in [0.4, 0.5) is 0 Å². The molecule has 1 unspecified atom stereocenters. The first-order valence-corrected chi connectivity index (χ1v) is 8.27. The van der Waals surface area contributed by atoms with E-state index in [9.17, 15) is 0 Å². The second kappa shape index (κ2) is 8.11. The van der Waals surface area contributed by atoms with Crippen molar-refractivity contribution in [2.75, 3.05) is 0 Å². The van der Waals surface area contributed by atoms with Gasteiger partial charge in [-0.05, 0) is 36.0 Å². The van der Waals surface area contributed by atoms with E-state index in [-0.39, 0.29) is 5.41 Å². The molecule has 0 bridgehead atoms. The van der Waals surface area contributed by atoms with Crippen molar-refractivity contribution < 1.29 is 0 Å². The van der Waals surface area contributed by atoms with Gasteiger partial charge in [0.2, 0.25) is 4.47 Å². The van der Waals surface area contributed by atoms with Crippen LogP contribution >= 0.6 is 23.1 Å². The SMILES string of the molecule is CCCCCCC(C)(CCCC)c1nsc(Cl)n1. The molecule has 0 aliphatic rings. The van der Waals surface area contributed by atoms with Gasteiger partial charge in [0.05, 0.1) is 0 Å². The first-order chi connectivity index (χ1) is 8.62. The summed E-state index contributed by atoms with van der Waals surface area (Å²) in [5.74, 6) is 0.961. The number of hydrogen-bond acceptors (Lipinski definition) is 3. The molecule has 1 rings (SSSR count). The van der Waals surface area contributed by atoms with Crippen LogP contribution in [-0.4, -0.2) is 9.36 Å².